The van der Waals surface area contributed by atoms with Gasteiger partial charge in [-0.3, -0.25) is 4.68 Å². The van der Waals surface area contributed by atoms with Crippen molar-refractivity contribution < 1.29 is 28.6 Å². The van der Waals surface area contributed by atoms with Crippen LogP contribution in [-0.4, -0.2) is 43.6 Å². The fourth-order valence-corrected chi connectivity index (χ4v) is 5.57. The zero-order valence-electron chi connectivity index (χ0n) is 16.6. The minimum Gasteiger partial charge on any atom is -0.462 e. The van der Waals surface area contributed by atoms with Crippen molar-refractivity contribution in [1.29, 1.82) is 0 Å². The molecule has 1 aromatic carbocycles. The lowest BCUT2D eigenvalue weighted by atomic mass is 10.1. The van der Waals surface area contributed by atoms with Crippen molar-refractivity contribution in [3.63, 3.8) is 0 Å². The van der Waals surface area contributed by atoms with Gasteiger partial charge in [0.1, 0.15) is 11.3 Å². The van der Waals surface area contributed by atoms with Gasteiger partial charge in [-0.15, -0.1) is 0 Å². The summed E-state index contributed by atoms with van der Waals surface area (Å²) in [5.41, 5.74) is 1.65. The molecule has 1 spiro atoms. The van der Waals surface area contributed by atoms with Crippen LogP contribution in [0, 0.1) is 3.57 Å². The first kappa shape index (κ1) is 20.7. The van der Waals surface area contributed by atoms with E-state index in [0.717, 1.165) is 22.0 Å². The molecule has 2 aliphatic rings. The molecule has 30 heavy (non-hydrogen) atoms. The van der Waals surface area contributed by atoms with Crippen LogP contribution in [0.25, 0.3) is 11.3 Å². The predicted octanol–water partition coefficient (Wildman–Crippen LogP) is 2.95. The van der Waals surface area contributed by atoms with E-state index >= 15 is 0 Å². The monoisotopic (exact) mass is 524 g/mol. The Labute approximate surface area is 183 Å². The SMILES string of the molecule is CCOC(=O)c1cn(C)nc1-c1ccc(I=C2C(=O)OC3(CCCC3)OC2=O)cc1. The first-order chi connectivity index (χ1) is 14.4. The Balaban J connectivity index is 1.57. The molecule has 1 aliphatic heterocycles. The summed E-state index contributed by atoms with van der Waals surface area (Å²) in [6, 6.07) is 7.30. The molecular formula is C21H21IN2O6. The maximum Gasteiger partial charge on any atom is 0.354 e. The summed E-state index contributed by atoms with van der Waals surface area (Å²) >= 11 is -1.06. The summed E-state index contributed by atoms with van der Waals surface area (Å²) in [5.74, 6) is -2.59. The molecule has 8 nitrogen and oxygen atoms in total. The Morgan fingerprint density at radius 1 is 1.17 bits per heavy atom. The third-order valence-corrected chi connectivity index (χ3v) is 7.69. The van der Waals surface area contributed by atoms with Crippen LogP contribution in [0.5, 0.6) is 0 Å². The maximum absolute atomic E-state index is 12.4. The molecule has 0 unspecified atom stereocenters. The molecule has 1 aromatic heterocycles. The van der Waals surface area contributed by atoms with Crippen molar-refractivity contribution in [3.8, 4) is 11.3 Å². The van der Waals surface area contributed by atoms with Crippen molar-refractivity contribution in [2.45, 2.75) is 38.4 Å². The van der Waals surface area contributed by atoms with E-state index in [9.17, 15) is 14.4 Å². The number of aromatic nitrogens is 2. The van der Waals surface area contributed by atoms with Crippen molar-refractivity contribution in [3.05, 3.63) is 39.6 Å². The van der Waals surface area contributed by atoms with Gasteiger partial charge in [-0.05, 0) is 31.9 Å². The molecular weight excluding hydrogens is 503 g/mol. The topological polar surface area (TPSA) is 96.7 Å². The van der Waals surface area contributed by atoms with Gasteiger partial charge in [0.05, 0.1) is 6.61 Å². The quantitative estimate of drug-likeness (QED) is 0.448. The first-order valence-corrected chi connectivity index (χ1v) is 11.9. The Kier molecular flexibility index (Phi) is 5.72. The van der Waals surface area contributed by atoms with Crippen LogP contribution in [0.2, 0.25) is 0 Å². The number of hydrogen-bond acceptors (Lipinski definition) is 7. The molecule has 1 saturated heterocycles. The van der Waals surface area contributed by atoms with Crippen LogP contribution in [0.4, 0.5) is 0 Å². The average Bonchev–Trinajstić information content (AvgIpc) is 3.32. The number of esters is 3. The van der Waals surface area contributed by atoms with Crippen LogP contribution < -0.4 is 0 Å². The molecule has 4 rings (SSSR count). The number of rotatable bonds is 4. The Bertz CT molecular complexity index is 1010. The molecule has 1 aliphatic carbocycles. The molecule has 2 fully saturated rings. The second-order valence-electron chi connectivity index (χ2n) is 7.10. The summed E-state index contributed by atoms with van der Waals surface area (Å²) in [7, 11) is 1.74. The highest BCUT2D eigenvalue weighted by Gasteiger charge is 2.48. The zero-order chi connectivity index (χ0) is 21.3. The van der Waals surface area contributed by atoms with Crippen molar-refractivity contribution in [2.75, 3.05) is 6.61 Å². The van der Waals surface area contributed by atoms with Crippen LogP contribution in [0.3, 0.4) is 0 Å². The normalized spacial score (nSPS) is 17.7. The second kappa shape index (κ2) is 8.29. The summed E-state index contributed by atoms with van der Waals surface area (Å²) in [4.78, 5) is 37.1. The highest BCUT2D eigenvalue weighted by molar-refractivity contribution is 14.2. The van der Waals surface area contributed by atoms with E-state index < -0.39 is 44.4 Å². The third-order valence-electron chi connectivity index (χ3n) is 4.93. The molecule has 0 N–H and O–H groups in total. The molecule has 158 valence electrons. The molecule has 9 heteroatoms. The fourth-order valence-electron chi connectivity index (χ4n) is 3.57. The van der Waals surface area contributed by atoms with E-state index in [2.05, 4.69) is 5.10 Å². The van der Waals surface area contributed by atoms with E-state index in [1.807, 2.05) is 24.3 Å². The standard InChI is InChI=1S/C21H21IN2O6/c1-3-28-18(25)15-12-24(2)23-17(15)13-6-8-14(9-7-13)22-16-19(26)29-21(30-20(16)27)10-4-5-11-21/h6-9,12H,3-5,10-11H2,1-2H3. The number of halogens is 1. The summed E-state index contributed by atoms with van der Waals surface area (Å²) < 4.78 is 18.6. The maximum atomic E-state index is 12.4. The second-order valence-corrected chi connectivity index (χ2v) is 9.96. The lowest BCUT2D eigenvalue weighted by Gasteiger charge is -2.32. The number of hydrogen-bond donors (Lipinski definition) is 0. The van der Waals surface area contributed by atoms with Gasteiger partial charge in [0.15, 0.2) is 3.51 Å². The third kappa shape index (κ3) is 4.03. The van der Waals surface area contributed by atoms with Gasteiger partial charge in [0.25, 0.3) is 5.79 Å². The van der Waals surface area contributed by atoms with Crippen LogP contribution >= 0.6 is 20.7 Å². The fraction of sp³-hybridized carbons (Fsp3) is 0.381. The minimum absolute atomic E-state index is 0.101. The van der Waals surface area contributed by atoms with Crippen LogP contribution in [0.15, 0.2) is 30.5 Å². The zero-order valence-corrected chi connectivity index (χ0v) is 18.8. The van der Waals surface area contributed by atoms with Gasteiger partial charge in [-0.1, -0.05) is 32.9 Å². The molecule has 0 radical (unpaired) electrons. The molecule has 2 heterocycles. The van der Waals surface area contributed by atoms with Gasteiger partial charge in [-0.25, -0.2) is 14.4 Å². The Morgan fingerprint density at radius 3 is 2.40 bits per heavy atom. The highest BCUT2D eigenvalue weighted by atomic mass is 127. The summed E-state index contributed by atoms with van der Waals surface area (Å²) in [6.07, 6.45) is 4.52. The van der Waals surface area contributed by atoms with E-state index in [-0.39, 0.29) is 10.1 Å². The average molecular weight is 524 g/mol. The largest absolute Gasteiger partial charge is 0.462 e. The number of carbonyl (C=O) groups is 3. The lowest BCUT2D eigenvalue weighted by Crippen LogP contribution is -2.48. The van der Waals surface area contributed by atoms with Gasteiger partial charge >= 0.3 is 17.9 Å². The van der Waals surface area contributed by atoms with Crippen molar-refractivity contribution >= 4 is 42.1 Å². The van der Waals surface area contributed by atoms with E-state index in [0.29, 0.717) is 24.1 Å². The molecule has 2 aromatic rings. The van der Waals surface area contributed by atoms with Crippen molar-refractivity contribution in [2.24, 2.45) is 7.05 Å². The first-order valence-electron chi connectivity index (χ1n) is 9.70. The van der Waals surface area contributed by atoms with Gasteiger partial charge in [0, 0.05) is 35.2 Å². The Hall–Kier alpha value is -2.56. The number of nitrogens with zero attached hydrogens (tertiary/aromatic N) is 2. The van der Waals surface area contributed by atoms with Crippen LogP contribution in [-0.2, 0) is 30.8 Å². The van der Waals surface area contributed by atoms with Gasteiger partial charge < -0.3 is 14.2 Å². The number of ether oxygens (including phenoxy) is 3. The summed E-state index contributed by atoms with van der Waals surface area (Å²) in [5, 5.41) is 4.37. The van der Waals surface area contributed by atoms with Crippen molar-refractivity contribution in [1.82, 2.24) is 9.78 Å². The number of benzene rings is 1. The predicted molar refractivity (Wildman–Crippen MR) is 116 cm³/mol. The molecule has 0 amide bonds. The van der Waals surface area contributed by atoms with E-state index in [4.69, 9.17) is 14.2 Å². The minimum atomic E-state index is -1.06. The Morgan fingerprint density at radius 2 is 1.80 bits per heavy atom. The number of aryl methyl sites for hydroxylation is 1. The molecule has 0 bridgehead atoms. The van der Waals surface area contributed by atoms with E-state index in [1.54, 1.807) is 24.9 Å². The van der Waals surface area contributed by atoms with Gasteiger partial charge in [-0.2, -0.15) is 5.10 Å². The summed E-state index contributed by atoms with van der Waals surface area (Å²) in [6.45, 7) is 2.03. The van der Waals surface area contributed by atoms with Gasteiger partial charge in [0.2, 0.25) is 0 Å². The van der Waals surface area contributed by atoms with E-state index in [1.165, 1.54) is 0 Å². The molecule has 1 saturated carbocycles. The lowest BCUT2D eigenvalue weighted by molar-refractivity contribution is -0.224. The smallest absolute Gasteiger partial charge is 0.354 e. The number of carbonyl (C=O) groups excluding carboxylic acids is 3. The molecule has 0 atom stereocenters. The highest BCUT2D eigenvalue weighted by Crippen LogP contribution is 2.38. The van der Waals surface area contributed by atoms with Crippen LogP contribution in [0.1, 0.15) is 43.0 Å².